The molecule has 5 heteroatoms. The minimum atomic E-state index is -0.288. The number of hydrogen-bond acceptors (Lipinski definition) is 2. The lowest BCUT2D eigenvalue weighted by Crippen LogP contribution is -2.32. The van der Waals surface area contributed by atoms with Crippen LogP contribution >= 0.6 is 0 Å². The number of rotatable bonds is 7. The Morgan fingerprint density at radius 2 is 2.00 bits per heavy atom. The number of carbonyl (C=O) groups is 1. The number of benzene rings is 1. The molecule has 0 aliphatic rings. The van der Waals surface area contributed by atoms with E-state index in [1.54, 1.807) is 18.5 Å². The molecule has 136 valence electrons. The van der Waals surface area contributed by atoms with Gasteiger partial charge in [0.25, 0.3) is 0 Å². The van der Waals surface area contributed by atoms with Gasteiger partial charge in [0.05, 0.1) is 11.9 Å². The van der Waals surface area contributed by atoms with Crippen molar-refractivity contribution in [2.24, 2.45) is 0 Å². The second kappa shape index (κ2) is 8.13. The summed E-state index contributed by atoms with van der Waals surface area (Å²) in [5, 5.41) is 0.787. The monoisotopic (exact) mass is 353 g/mol. The number of amides is 1. The lowest BCUT2D eigenvalue weighted by atomic mass is 10.1. The molecule has 0 saturated carbocycles. The van der Waals surface area contributed by atoms with Crippen molar-refractivity contribution < 1.29 is 9.18 Å². The number of nitrogens with one attached hydrogen (secondary N) is 1. The quantitative estimate of drug-likeness (QED) is 0.685. The summed E-state index contributed by atoms with van der Waals surface area (Å²) in [6, 6.07) is 8.84. The van der Waals surface area contributed by atoms with Gasteiger partial charge in [-0.15, -0.1) is 0 Å². The van der Waals surface area contributed by atoms with Crippen molar-refractivity contribution in [2.75, 3.05) is 6.54 Å². The first kappa shape index (κ1) is 18.1. The Morgan fingerprint density at radius 1 is 1.23 bits per heavy atom. The van der Waals surface area contributed by atoms with E-state index in [9.17, 15) is 9.18 Å². The third-order valence-electron chi connectivity index (χ3n) is 4.69. The number of aromatic amines is 1. The second-order valence-electron chi connectivity index (χ2n) is 6.59. The maximum absolute atomic E-state index is 14.0. The summed E-state index contributed by atoms with van der Waals surface area (Å²) in [5.74, 6) is -0.229. The Balaban J connectivity index is 1.83. The van der Waals surface area contributed by atoms with Crippen LogP contribution in [0.2, 0.25) is 0 Å². The van der Waals surface area contributed by atoms with Crippen LogP contribution in [0.1, 0.15) is 36.6 Å². The maximum atomic E-state index is 14.0. The van der Waals surface area contributed by atoms with Gasteiger partial charge in [0.15, 0.2) is 0 Å². The van der Waals surface area contributed by atoms with Crippen molar-refractivity contribution in [3.63, 3.8) is 0 Å². The zero-order valence-electron chi connectivity index (χ0n) is 15.3. The van der Waals surface area contributed by atoms with Crippen LogP contribution < -0.4 is 0 Å². The van der Waals surface area contributed by atoms with E-state index in [0.29, 0.717) is 18.6 Å². The summed E-state index contributed by atoms with van der Waals surface area (Å²) in [6.45, 7) is 5.29. The Bertz CT molecular complexity index is 889. The van der Waals surface area contributed by atoms with Crippen LogP contribution in [0.4, 0.5) is 4.39 Å². The normalized spacial score (nSPS) is 11.0. The number of hydrogen-bond donors (Lipinski definition) is 1. The van der Waals surface area contributed by atoms with Gasteiger partial charge in [0, 0.05) is 36.6 Å². The molecule has 1 N–H and O–H groups in total. The highest BCUT2D eigenvalue weighted by molar-refractivity contribution is 5.90. The Labute approximate surface area is 153 Å². The standard InChI is InChI=1S/C21H24FN3O/c1-3-4-12-25(14-16-8-10-23-11-9-16)20(26)13-18-15(2)24-21-17(18)6-5-7-19(21)22/h5-11,24H,3-4,12-14H2,1-2H3. The summed E-state index contributed by atoms with van der Waals surface area (Å²) < 4.78 is 14.0. The minimum Gasteiger partial charge on any atom is -0.356 e. The molecule has 0 spiro atoms. The summed E-state index contributed by atoms with van der Waals surface area (Å²) >= 11 is 0. The SMILES string of the molecule is CCCCN(Cc1ccncc1)C(=O)Cc1c(C)[nH]c2c(F)cccc12. The fourth-order valence-electron chi connectivity index (χ4n) is 3.21. The number of carbonyl (C=O) groups excluding carboxylic acids is 1. The molecule has 2 aromatic heterocycles. The lowest BCUT2D eigenvalue weighted by Gasteiger charge is -2.23. The van der Waals surface area contributed by atoms with Crippen molar-refractivity contribution in [3.05, 3.63) is 65.4 Å². The van der Waals surface area contributed by atoms with Crippen molar-refractivity contribution >= 4 is 16.8 Å². The molecule has 3 aromatic rings. The number of H-pyrrole nitrogens is 1. The zero-order chi connectivity index (χ0) is 18.5. The summed E-state index contributed by atoms with van der Waals surface area (Å²) in [4.78, 5) is 22.0. The number of fused-ring (bicyclic) bond motifs is 1. The van der Waals surface area contributed by atoms with Gasteiger partial charge in [-0.25, -0.2) is 4.39 Å². The van der Waals surface area contributed by atoms with E-state index < -0.39 is 0 Å². The molecule has 0 fully saturated rings. The van der Waals surface area contributed by atoms with E-state index in [0.717, 1.165) is 35.0 Å². The highest BCUT2D eigenvalue weighted by Gasteiger charge is 2.19. The highest BCUT2D eigenvalue weighted by atomic mass is 19.1. The molecule has 0 aliphatic carbocycles. The number of nitrogens with zero attached hydrogens (tertiary/aromatic N) is 2. The van der Waals surface area contributed by atoms with Crippen molar-refractivity contribution in [1.82, 2.24) is 14.9 Å². The molecule has 3 rings (SSSR count). The maximum Gasteiger partial charge on any atom is 0.227 e. The molecule has 0 aliphatic heterocycles. The molecule has 26 heavy (non-hydrogen) atoms. The van der Waals surface area contributed by atoms with Crippen LogP contribution in [0.5, 0.6) is 0 Å². The Hall–Kier alpha value is -2.69. The van der Waals surface area contributed by atoms with E-state index in [1.807, 2.05) is 30.0 Å². The van der Waals surface area contributed by atoms with Gasteiger partial charge in [-0.2, -0.15) is 0 Å². The zero-order valence-corrected chi connectivity index (χ0v) is 15.3. The molecule has 2 heterocycles. The van der Waals surface area contributed by atoms with Crippen LogP contribution in [0.25, 0.3) is 10.9 Å². The summed E-state index contributed by atoms with van der Waals surface area (Å²) in [5.41, 5.74) is 3.26. The van der Waals surface area contributed by atoms with Crippen molar-refractivity contribution in [3.8, 4) is 0 Å². The van der Waals surface area contributed by atoms with Gasteiger partial charge < -0.3 is 9.88 Å². The van der Waals surface area contributed by atoms with Gasteiger partial charge in [0.2, 0.25) is 5.91 Å². The van der Waals surface area contributed by atoms with Crippen molar-refractivity contribution in [2.45, 2.75) is 39.7 Å². The third kappa shape index (κ3) is 3.93. The molecule has 4 nitrogen and oxygen atoms in total. The molecule has 0 unspecified atom stereocenters. The average Bonchev–Trinajstić information content (AvgIpc) is 2.96. The lowest BCUT2D eigenvalue weighted by molar-refractivity contribution is -0.131. The highest BCUT2D eigenvalue weighted by Crippen LogP contribution is 2.25. The third-order valence-corrected chi connectivity index (χ3v) is 4.69. The molecular formula is C21H24FN3O. The number of para-hydroxylation sites is 1. The predicted octanol–water partition coefficient (Wildman–Crippen LogP) is 4.38. The van der Waals surface area contributed by atoms with Gasteiger partial charge in [0.1, 0.15) is 5.82 Å². The number of halogens is 1. The molecule has 0 radical (unpaired) electrons. The van der Waals surface area contributed by atoms with Crippen LogP contribution in [0.15, 0.2) is 42.7 Å². The Morgan fingerprint density at radius 3 is 2.73 bits per heavy atom. The van der Waals surface area contributed by atoms with Crippen LogP contribution in [0.3, 0.4) is 0 Å². The van der Waals surface area contributed by atoms with Crippen molar-refractivity contribution in [1.29, 1.82) is 0 Å². The number of pyridine rings is 1. The number of unbranched alkanes of at least 4 members (excludes halogenated alkanes) is 1. The molecule has 1 amide bonds. The molecule has 0 saturated heterocycles. The van der Waals surface area contributed by atoms with E-state index in [1.165, 1.54) is 6.07 Å². The molecular weight excluding hydrogens is 329 g/mol. The number of aromatic nitrogens is 2. The first-order valence-corrected chi connectivity index (χ1v) is 9.02. The average molecular weight is 353 g/mol. The van der Waals surface area contributed by atoms with Gasteiger partial charge in [-0.3, -0.25) is 9.78 Å². The van der Waals surface area contributed by atoms with Gasteiger partial charge in [-0.1, -0.05) is 25.5 Å². The smallest absolute Gasteiger partial charge is 0.227 e. The van der Waals surface area contributed by atoms with E-state index in [2.05, 4.69) is 16.9 Å². The fourth-order valence-corrected chi connectivity index (χ4v) is 3.21. The topological polar surface area (TPSA) is 49.0 Å². The van der Waals surface area contributed by atoms with Gasteiger partial charge in [-0.05, 0) is 42.7 Å². The fraction of sp³-hybridized carbons (Fsp3) is 0.333. The summed E-state index contributed by atoms with van der Waals surface area (Å²) in [7, 11) is 0. The molecule has 1 aromatic carbocycles. The second-order valence-corrected chi connectivity index (χ2v) is 6.59. The first-order chi connectivity index (χ1) is 12.6. The molecule has 0 atom stereocenters. The first-order valence-electron chi connectivity index (χ1n) is 9.02. The Kier molecular flexibility index (Phi) is 5.66. The van der Waals surface area contributed by atoms with E-state index in [-0.39, 0.29) is 18.1 Å². The molecule has 0 bridgehead atoms. The van der Waals surface area contributed by atoms with Gasteiger partial charge >= 0.3 is 0 Å². The number of aryl methyl sites for hydroxylation is 1. The van der Waals surface area contributed by atoms with Crippen LogP contribution in [-0.4, -0.2) is 27.3 Å². The minimum absolute atomic E-state index is 0.0588. The summed E-state index contributed by atoms with van der Waals surface area (Å²) in [6.07, 6.45) is 5.73. The van der Waals surface area contributed by atoms with E-state index >= 15 is 0 Å². The van der Waals surface area contributed by atoms with Crippen LogP contribution in [0, 0.1) is 12.7 Å². The van der Waals surface area contributed by atoms with Crippen LogP contribution in [-0.2, 0) is 17.8 Å². The largest absolute Gasteiger partial charge is 0.356 e. The van der Waals surface area contributed by atoms with E-state index in [4.69, 9.17) is 0 Å². The predicted molar refractivity (Wildman–Crippen MR) is 101 cm³/mol.